The summed E-state index contributed by atoms with van der Waals surface area (Å²) in [5, 5.41) is 10.2. The molecule has 0 unspecified atom stereocenters. The maximum atomic E-state index is 9.48. The van der Waals surface area contributed by atoms with Gasteiger partial charge in [0.25, 0.3) is 0 Å². The van der Waals surface area contributed by atoms with Crippen molar-refractivity contribution in [2.24, 2.45) is 11.3 Å². The lowest BCUT2D eigenvalue weighted by atomic mass is 9.69. The summed E-state index contributed by atoms with van der Waals surface area (Å²) in [7, 11) is 0. The van der Waals surface area contributed by atoms with Gasteiger partial charge in [-0.2, -0.15) is 5.26 Å². The molecule has 0 bridgehead atoms. The van der Waals surface area contributed by atoms with Gasteiger partial charge in [-0.25, -0.2) is 0 Å². The van der Waals surface area contributed by atoms with E-state index in [1.165, 1.54) is 18.4 Å². The molecular formula is C15H18ClN. The van der Waals surface area contributed by atoms with E-state index in [0.717, 1.165) is 30.2 Å². The Morgan fingerprint density at radius 3 is 2.71 bits per heavy atom. The molecule has 0 heterocycles. The van der Waals surface area contributed by atoms with Crippen LogP contribution in [-0.2, 0) is 6.42 Å². The summed E-state index contributed by atoms with van der Waals surface area (Å²) in [5.41, 5.74) is 1.03. The van der Waals surface area contributed by atoms with Crippen LogP contribution in [0, 0.1) is 22.7 Å². The van der Waals surface area contributed by atoms with Crippen molar-refractivity contribution >= 4 is 11.6 Å². The maximum absolute atomic E-state index is 9.48. The number of nitrogens with zero attached hydrogens (tertiary/aromatic N) is 1. The van der Waals surface area contributed by atoms with E-state index in [9.17, 15) is 5.26 Å². The molecule has 0 aromatic heterocycles. The molecule has 1 saturated carbocycles. The van der Waals surface area contributed by atoms with Crippen LogP contribution in [0.4, 0.5) is 0 Å². The Labute approximate surface area is 108 Å². The second-order valence-corrected chi connectivity index (χ2v) is 5.82. The Morgan fingerprint density at radius 2 is 2.12 bits per heavy atom. The number of rotatable bonds is 2. The van der Waals surface area contributed by atoms with Crippen molar-refractivity contribution in [2.45, 2.75) is 39.0 Å². The second-order valence-electron chi connectivity index (χ2n) is 5.38. The summed E-state index contributed by atoms with van der Waals surface area (Å²) >= 11 is 5.99. The number of nitriles is 1. The van der Waals surface area contributed by atoms with E-state index in [1.807, 2.05) is 18.2 Å². The van der Waals surface area contributed by atoms with Crippen LogP contribution in [0.5, 0.6) is 0 Å². The molecule has 0 amide bonds. The van der Waals surface area contributed by atoms with Crippen molar-refractivity contribution in [1.29, 1.82) is 5.26 Å². The first-order valence-corrected chi connectivity index (χ1v) is 6.67. The third-order valence-electron chi connectivity index (χ3n) is 3.90. The summed E-state index contributed by atoms with van der Waals surface area (Å²) in [6.45, 7) is 2.28. The molecule has 0 radical (unpaired) electrons. The van der Waals surface area contributed by atoms with Crippen LogP contribution in [0.3, 0.4) is 0 Å². The van der Waals surface area contributed by atoms with E-state index in [4.69, 9.17) is 11.6 Å². The Bertz CT molecular complexity index is 425. The van der Waals surface area contributed by atoms with Gasteiger partial charge < -0.3 is 0 Å². The van der Waals surface area contributed by atoms with Crippen molar-refractivity contribution in [2.75, 3.05) is 0 Å². The normalized spacial score (nSPS) is 28.6. The topological polar surface area (TPSA) is 23.8 Å². The first-order chi connectivity index (χ1) is 8.13. The molecule has 17 heavy (non-hydrogen) atoms. The van der Waals surface area contributed by atoms with E-state index < -0.39 is 0 Å². The van der Waals surface area contributed by atoms with Gasteiger partial charge in [-0.15, -0.1) is 0 Å². The van der Waals surface area contributed by atoms with Gasteiger partial charge >= 0.3 is 0 Å². The fourth-order valence-electron chi connectivity index (χ4n) is 2.68. The fourth-order valence-corrected chi connectivity index (χ4v) is 2.89. The van der Waals surface area contributed by atoms with Crippen molar-refractivity contribution in [3.8, 4) is 6.07 Å². The lowest BCUT2D eigenvalue weighted by Crippen LogP contribution is -2.27. The molecule has 1 fully saturated rings. The van der Waals surface area contributed by atoms with Crippen molar-refractivity contribution in [3.63, 3.8) is 0 Å². The highest BCUT2D eigenvalue weighted by Crippen LogP contribution is 2.41. The predicted octanol–water partition coefficient (Wildman–Crippen LogP) is 4.60. The van der Waals surface area contributed by atoms with Gasteiger partial charge in [0.2, 0.25) is 0 Å². The predicted molar refractivity (Wildman–Crippen MR) is 70.8 cm³/mol. The molecule has 2 rings (SSSR count). The molecule has 0 spiro atoms. The lowest BCUT2D eigenvalue weighted by molar-refractivity contribution is 0.219. The van der Waals surface area contributed by atoms with Gasteiger partial charge in [0.05, 0.1) is 11.5 Å². The molecule has 1 aliphatic carbocycles. The fraction of sp³-hybridized carbons (Fsp3) is 0.533. The average molecular weight is 248 g/mol. The van der Waals surface area contributed by atoms with E-state index in [-0.39, 0.29) is 5.41 Å². The summed E-state index contributed by atoms with van der Waals surface area (Å²) in [6, 6.07) is 10.5. The minimum atomic E-state index is -0.156. The minimum Gasteiger partial charge on any atom is -0.198 e. The van der Waals surface area contributed by atoms with Crippen LogP contribution in [0.1, 0.15) is 38.2 Å². The number of benzene rings is 1. The van der Waals surface area contributed by atoms with E-state index in [1.54, 1.807) is 0 Å². The van der Waals surface area contributed by atoms with Crippen LogP contribution in [-0.4, -0.2) is 0 Å². The highest BCUT2D eigenvalue weighted by molar-refractivity contribution is 6.30. The van der Waals surface area contributed by atoms with E-state index in [0.29, 0.717) is 0 Å². The van der Waals surface area contributed by atoms with Crippen LogP contribution >= 0.6 is 11.6 Å². The van der Waals surface area contributed by atoms with Gasteiger partial charge in [-0.1, -0.05) is 30.7 Å². The molecular weight excluding hydrogens is 230 g/mol. The van der Waals surface area contributed by atoms with Crippen molar-refractivity contribution in [1.82, 2.24) is 0 Å². The summed E-state index contributed by atoms with van der Waals surface area (Å²) in [4.78, 5) is 0. The minimum absolute atomic E-state index is 0.156. The molecule has 0 saturated heterocycles. The molecule has 1 aromatic rings. The summed E-state index contributed by atoms with van der Waals surface area (Å²) < 4.78 is 0. The Kier molecular flexibility index (Phi) is 3.74. The average Bonchev–Trinajstić information content (AvgIpc) is 2.33. The molecule has 2 heteroatoms. The first-order valence-electron chi connectivity index (χ1n) is 6.29. The standard InChI is InChI=1S/C15H18ClN/c1-12-5-7-15(11-17,8-6-12)10-13-3-2-4-14(16)9-13/h2-4,9,12H,5-8,10H2,1H3. The van der Waals surface area contributed by atoms with Crippen LogP contribution in [0.15, 0.2) is 24.3 Å². The van der Waals surface area contributed by atoms with E-state index in [2.05, 4.69) is 19.1 Å². The third-order valence-corrected chi connectivity index (χ3v) is 4.14. The first kappa shape index (κ1) is 12.5. The second kappa shape index (κ2) is 5.10. The molecule has 1 aliphatic rings. The largest absolute Gasteiger partial charge is 0.198 e. The lowest BCUT2D eigenvalue weighted by Gasteiger charge is -2.33. The third kappa shape index (κ3) is 3.01. The molecule has 0 N–H and O–H groups in total. The maximum Gasteiger partial charge on any atom is 0.0693 e. The monoisotopic (exact) mass is 247 g/mol. The number of hydrogen-bond donors (Lipinski definition) is 0. The van der Waals surface area contributed by atoms with Crippen molar-refractivity contribution in [3.05, 3.63) is 34.9 Å². The van der Waals surface area contributed by atoms with Gasteiger partial charge in [0, 0.05) is 5.02 Å². The van der Waals surface area contributed by atoms with Gasteiger partial charge in [0.1, 0.15) is 0 Å². The van der Waals surface area contributed by atoms with E-state index >= 15 is 0 Å². The Hall–Kier alpha value is -1.00. The number of halogens is 1. The smallest absolute Gasteiger partial charge is 0.0693 e. The zero-order valence-corrected chi connectivity index (χ0v) is 11.0. The van der Waals surface area contributed by atoms with Gasteiger partial charge in [0.15, 0.2) is 0 Å². The molecule has 0 atom stereocenters. The summed E-state index contributed by atoms with van der Waals surface area (Å²) in [5.74, 6) is 0.774. The van der Waals surface area contributed by atoms with Crippen LogP contribution < -0.4 is 0 Å². The van der Waals surface area contributed by atoms with Gasteiger partial charge in [-0.3, -0.25) is 0 Å². The molecule has 0 aliphatic heterocycles. The van der Waals surface area contributed by atoms with Crippen molar-refractivity contribution < 1.29 is 0 Å². The highest BCUT2D eigenvalue weighted by Gasteiger charge is 2.34. The zero-order chi connectivity index (χ0) is 12.3. The SMILES string of the molecule is CC1CCC(C#N)(Cc2cccc(Cl)c2)CC1. The van der Waals surface area contributed by atoms with Gasteiger partial charge in [-0.05, 0) is 55.7 Å². The van der Waals surface area contributed by atoms with Crippen LogP contribution in [0.25, 0.3) is 0 Å². The Morgan fingerprint density at radius 1 is 1.41 bits per heavy atom. The molecule has 90 valence electrons. The quantitative estimate of drug-likeness (QED) is 0.749. The molecule has 1 nitrogen and oxygen atoms in total. The summed E-state index contributed by atoms with van der Waals surface area (Å²) in [6.07, 6.45) is 5.24. The highest BCUT2D eigenvalue weighted by atomic mass is 35.5. The molecule has 1 aromatic carbocycles. The van der Waals surface area contributed by atoms with Crippen LogP contribution in [0.2, 0.25) is 5.02 Å². The Balaban J connectivity index is 2.13. The number of hydrogen-bond acceptors (Lipinski definition) is 1. The zero-order valence-electron chi connectivity index (χ0n) is 10.2.